The molecule has 0 bridgehead atoms. The Morgan fingerprint density at radius 1 is 0.867 bits per heavy atom. The van der Waals surface area contributed by atoms with E-state index in [1.807, 2.05) is 0 Å². The summed E-state index contributed by atoms with van der Waals surface area (Å²) in [7, 11) is 0. The standard InChI is InChI=1S/C6H8N2O7/c9-3(10)1-7-5(13)15-6(14)8-2-4(11)12/h1-2H2,(H,7,13)(H,8,14)(H,9,10)(H,11,12). The number of carboxylic acid groups (broad SMARTS) is 2. The Balaban J connectivity index is 3.71. The van der Waals surface area contributed by atoms with Crippen LogP contribution in [-0.4, -0.2) is 47.4 Å². The Kier molecular flexibility index (Phi) is 5.23. The van der Waals surface area contributed by atoms with E-state index in [0.29, 0.717) is 0 Å². The van der Waals surface area contributed by atoms with Gasteiger partial charge in [-0.25, -0.2) is 9.59 Å². The molecule has 0 aliphatic carbocycles. The number of nitrogens with one attached hydrogen (secondary N) is 2. The molecular formula is C6H8N2O7. The molecule has 0 aromatic carbocycles. The summed E-state index contributed by atoms with van der Waals surface area (Å²) in [5.41, 5.74) is 0. The van der Waals surface area contributed by atoms with Crippen molar-refractivity contribution in [2.24, 2.45) is 0 Å². The first kappa shape index (κ1) is 12.7. The number of carboxylic acids is 2. The van der Waals surface area contributed by atoms with Gasteiger partial charge in [0, 0.05) is 0 Å². The van der Waals surface area contributed by atoms with E-state index in [4.69, 9.17) is 10.2 Å². The number of hydrogen-bond donors (Lipinski definition) is 4. The highest BCUT2D eigenvalue weighted by atomic mass is 16.6. The molecular weight excluding hydrogens is 212 g/mol. The van der Waals surface area contributed by atoms with E-state index in [-0.39, 0.29) is 0 Å². The van der Waals surface area contributed by atoms with Crippen LogP contribution < -0.4 is 10.6 Å². The smallest absolute Gasteiger partial charge is 0.416 e. The van der Waals surface area contributed by atoms with Crippen molar-refractivity contribution in [3.05, 3.63) is 0 Å². The van der Waals surface area contributed by atoms with Crippen molar-refractivity contribution < 1.29 is 34.1 Å². The van der Waals surface area contributed by atoms with E-state index >= 15 is 0 Å². The lowest BCUT2D eigenvalue weighted by molar-refractivity contribution is -0.136. The van der Waals surface area contributed by atoms with Crippen LogP contribution in [0.15, 0.2) is 0 Å². The molecule has 4 N–H and O–H groups in total. The third-order valence-corrected chi connectivity index (χ3v) is 0.953. The average Bonchev–Trinajstić information content (AvgIpc) is 2.11. The molecule has 0 heterocycles. The second kappa shape index (κ2) is 6.18. The van der Waals surface area contributed by atoms with Gasteiger partial charge in [0.05, 0.1) is 0 Å². The van der Waals surface area contributed by atoms with Crippen molar-refractivity contribution in [2.45, 2.75) is 0 Å². The zero-order valence-electron chi connectivity index (χ0n) is 7.35. The molecule has 15 heavy (non-hydrogen) atoms. The monoisotopic (exact) mass is 220 g/mol. The molecule has 9 heteroatoms. The second-order valence-electron chi connectivity index (χ2n) is 2.17. The summed E-state index contributed by atoms with van der Waals surface area (Å²) in [5.74, 6) is -2.62. The van der Waals surface area contributed by atoms with E-state index in [9.17, 15) is 19.2 Å². The Bertz CT molecular complexity index is 259. The number of carbonyl (C=O) groups is 4. The maximum Gasteiger partial charge on any atom is 0.416 e. The Hall–Kier alpha value is -2.32. The summed E-state index contributed by atoms with van der Waals surface area (Å²) in [5, 5.41) is 19.7. The normalized spacial score (nSPS) is 8.80. The molecule has 0 rings (SSSR count). The molecule has 0 radical (unpaired) electrons. The molecule has 0 atom stereocenters. The fourth-order valence-electron chi connectivity index (χ4n) is 0.452. The SMILES string of the molecule is O=C(O)CNC(=O)OC(=O)NCC(=O)O. The van der Waals surface area contributed by atoms with Gasteiger partial charge >= 0.3 is 24.1 Å². The van der Waals surface area contributed by atoms with E-state index < -0.39 is 37.2 Å². The van der Waals surface area contributed by atoms with E-state index in [2.05, 4.69) is 4.74 Å². The van der Waals surface area contributed by atoms with Gasteiger partial charge < -0.3 is 25.6 Å². The van der Waals surface area contributed by atoms with E-state index in [1.54, 1.807) is 10.6 Å². The predicted octanol–water partition coefficient (Wildman–Crippen LogP) is -1.41. The Labute approximate surface area is 83.0 Å². The van der Waals surface area contributed by atoms with Crippen LogP contribution >= 0.6 is 0 Å². The van der Waals surface area contributed by atoms with Crippen LogP contribution in [0.2, 0.25) is 0 Å². The van der Waals surface area contributed by atoms with Crippen molar-refractivity contribution in [3.63, 3.8) is 0 Å². The van der Waals surface area contributed by atoms with Gasteiger partial charge in [0.2, 0.25) is 0 Å². The van der Waals surface area contributed by atoms with Crippen LogP contribution in [0.3, 0.4) is 0 Å². The molecule has 0 aliphatic rings. The number of hydrogen-bond acceptors (Lipinski definition) is 5. The van der Waals surface area contributed by atoms with E-state index in [1.165, 1.54) is 0 Å². The fraction of sp³-hybridized carbons (Fsp3) is 0.333. The topological polar surface area (TPSA) is 142 Å². The van der Waals surface area contributed by atoms with Crippen LogP contribution in [-0.2, 0) is 14.3 Å². The third kappa shape index (κ3) is 8.02. The number of alkyl carbamates (subject to hydrolysis) is 2. The summed E-state index contributed by atoms with van der Waals surface area (Å²) in [6.07, 6.45) is -2.56. The van der Waals surface area contributed by atoms with Gasteiger partial charge in [0.1, 0.15) is 13.1 Å². The van der Waals surface area contributed by atoms with Gasteiger partial charge in [-0.2, -0.15) is 0 Å². The van der Waals surface area contributed by atoms with Crippen LogP contribution in [0.4, 0.5) is 9.59 Å². The molecule has 84 valence electrons. The summed E-state index contributed by atoms with van der Waals surface area (Å²) in [6.45, 7) is -1.41. The molecule has 0 saturated carbocycles. The lowest BCUT2D eigenvalue weighted by Crippen LogP contribution is -2.36. The number of amides is 2. The molecule has 0 spiro atoms. The van der Waals surface area contributed by atoms with Crippen LogP contribution in [0.1, 0.15) is 0 Å². The van der Waals surface area contributed by atoms with Gasteiger partial charge in [-0.05, 0) is 0 Å². The first-order valence-corrected chi connectivity index (χ1v) is 3.59. The summed E-state index contributed by atoms with van der Waals surface area (Å²) in [6, 6.07) is 0. The van der Waals surface area contributed by atoms with Gasteiger partial charge in [0.15, 0.2) is 0 Å². The van der Waals surface area contributed by atoms with Crippen LogP contribution in [0.5, 0.6) is 0 Å². The molecule has 0 saturated heterocycles. The van der Waals surface area contributed by atoms with Gasteiger partial charge in [-0.3, -0.25) is 9.59 Å². The van der Waals surface area contributed by atoms with Gasteiger partial charge in [-0.15, -0.1) is 0 Å². The molecule has 2 amide bonds. The van der Waals surface area contributed by atoms with E-state index in [0.717, 1.165) is 0 Å². The number of rotatable bonds is 4. The Morgan fingerprint density at radius 2 is 1.20 bits per heavy atom. The molecule has 0 aromatic rings. The highest BCUT2D eigenvalue weighted by Gasteiger charge is 2.11. The fourth-order valence-corrected chi connectivity index (χ4v) is 0.452. The highest BCUT2D eigenvalue weighted by molar-refractivity contribution is 5.86. The lowest BCUT2D eigenvalue weighted by Gasteiger charge is -2.03. The molecule has 0 aliphatic heterocycles. The Morgan fingerprint density at radius 3 is 1.47 bits per heavy atom. The minimum atomic E-state index is -1.31. The third-order valence-electron chi connectivity index (χ3n) is 0.953. The maximum atomic E-state index is 10.6. The van der Waals surface area contributed by atoms with Crippen LogP contribution in [0, 0.1) is 0 Å². The maximum absolute atomic E-state index is 10.6. The van der Waals surface area contributed by atoms with Crippen LogP contribution in [0.25, 0.3) is 0 Å². The van der Waals surface area contributed by atoms with Crippen molar-refractivity contribution in [1.29, 1.82) is 0 Å². The quantitative estimate of drug-likeness (QED) is 0.426. The largest absolute Gasteiger partial charge is 0.480 e. The minimum Gasteiger partial charge on any atom is -0.480 e. The summed E-state index contributed by atoms with van der Waals surface area (Å²) < 4.78 is 3.92. The average molecular weight is 220 g/mol. The predicted molar refractivity (Wildman–Crippen MR) is 43.2 cm³/mol. The molecule has 9 nitrogen and oxygen atoms in total. The van der Waals surface area contributed by atoms with Crippen molar-refractivity contribution in [3.8, 4) is 0 Å². The lowest BCUT2D eigenvalue weighted by atomic mass is 10.6. The number of carbonyl (C=O) groups excluding carboxylic acids is 2. The number of ether oxygens (including phenoxy) is 1. The molecule has 0 unspecified atom stereocenters. The molecule has 0 fully saturated rings. The van der Waals surface area contributed by atoms with Gasteiger partial charge in [-0.1, -0.05) is 0 Å². The summed E-state index contributed by atoms with van der Waals surface area (Å²) in [4.78, 5) is 41.1. The molecule has 0 aromatic heterocycles. The minimum absolute atomic E-state index is 0.703. The number of aliphatic carboxylic acids is 2. The first-order chi connectivity index (χ1) is 6.91. The second-order valence-corrected chi connectivity index (χ2v) is 2.17. The highest BCUT2D eigenvalue weighted by Crippen LogP contribution is 1.79. The van der Waals surface area contributed by atoms with Crippen molar-refractivity contribution in [1.82, 2.24) is 10.6 Å². The van der Waals surface area contributed by atoms with Crippen molar-refractivity contribution in [2.75, 3.05) is 13.1 Å². The van der Waals surface area contributed by atoms with Gasteiger partial charge in [0.25, 0.3) is 0 Å². The summed E-state index contributed by atoms with van der Waals surface area (Å²) >= 11 is 0. The van der Waals surface area contributed by atoms with Crippen molar-refractivity contribution >= 4 is 24.1 Å². The first-order valence-electron chi connectivity index (χ1n) is 3.59. The zero-order valence-corrected chi connectivity index (χ0v) is 7.35. The zero-order chi connectivity index (χ0) is 11.8.